The molecule has 2 amide bonds. The van der Waals surface area contributed by atoms with Gasteiger partial charge in [-0.05, 0) is 50.1 Å². The van der Waals surface area contributed by atoms with Crippen molar-refractivity contribution in [1.82, 2.24) is 15.5 Å². The lowest BCUT2D eigenvalue weighted by molar-refractivity contribution is -0.134. The number of hydrogen-bond donors (Lipinski definition) is 2. The van der Waals surface area contributed by atoms with Gasteiger partial charge in [-0.25, -0.2) is 0 Å². The number of halogens is 1. The van der Waals surface area contributed by atoms with E-state index in [2.05, 4.69) is 29.7 Å². The van der Waals surface area contributed by atoms with Crippen LogP contribution in [0.5, 0.6) is 0 Å². The molecule has 2 saturated heterocycles. The highest BCUT2D eigenvalue weighted by Gasteiger charge is 2.30. The minimum Gasteiger partial charge on any atom is -0.354 e. The third kappa shape index (κ3) is 5.95. The molecular weight excluding hydrogens is 374 g/mol. The van der Waals surface area contributed by atoms with Gasteiger partial charge in [0.2, 0.25) is 11.8 Å². The number of benzene rings is 1. The highest BCUT2D eigenvalue weighted by Crippen LogP contribution is 2.26. The normalized spacial score (nSPS) is 23.0. The topological polar surface area (TPSA) is 61.4 Å². The maximum absolute atomic E-state index is 13.2. The van der Waals surface area contributed by atoms with Crippen LogP contribution in [-0.2, 0) is 9.59 Å². The number of rotatable bonds is 7. The molecule has 2 fully saturated rings. The third-order valence-corrected chi connectivity index (χ3v) is 5.85. The summed E-state index contributed by atoms with van der Waals surface area (Å²) in [6.45, 7) is 5.33. The number of nitrogens with one attached hydrogen (secondary N) is 2. The number of nitrogens with zero attached hydrogens (tertiary/aromatic N) is 1. The van der Waals surface area contributed by atoms with Crippen molar-refractivity contribution < 1.29 is 9.59 Å². The van der Waals surface area contributed by atoms with E-state index in [9.17, 15) is 9.59 Å². The molecule has 3 unspecified atom stereocenters. The second-order valence-electron chi connectivity index (χ2n) is 7.94. The molecule has 156 valence electrons. The van der Waals surface area contributed by atoms with Gasteiger partial charge in [-0.3, -0.25) is 9.59 Å². The summed E-state index contributed by atoms with van der Waals surface area (Å²) >= 11 is 0. The van der Waals surface area contributed by atoms with Crippen LogP contribution in [0.1, 0.15) is 56.9 Å². The molecule has 0 saturated carbocycles. The van der Waals surface area contributed by atoms with Crippen LogP contribution in [0.3, 0.4) is 0 Å². The number of amides is 2. The zero-order valence-corrected chi connectivity index (χ0v) is 17.7. The van der Waals surface area contributed by atoms with Crippen LogP contribution < -0.4 is 10.6 Å². The van der Waals surface area contributed by atoms with Crippen molar-refractivity contribution in [2.75, 3.05) is 26.2 Å². The van der Waals surface area contributed by atoms with Gasteiger partial charge in [-0.15, -0.1) is 12.4 Å². The SMILES string of the molecule is CCCC(C(=O)N1CCCC(CNC(=O)C2CCCN2)C1)c1ccccc1.Cl. The molecule has 0 bridgehead atoms. The van der Waals surface area contributed by atoms with Crippen LogP contribution in [0.25, 0.3) is 0 Å². The smallest absolute Gasteiger partial charge is 0.237 e. The Hall–Kier alpha value is -1.59. The van der Waals surface area contributed by atoms with Gasteiger partial charge in [0.25, 0.3) is 0 Å². The van der Waals surface area contributed by atoms with E-state index < -0.39 is 0 Å². The summed E-state index contributed by atoms with van der Waals surface area (Å²) in [6.07, 6.45) is 5.97. The van der Waals surface area contributed by atoms with Crippen molar-refractivity contribution in [2.24, 2.45) is 5.92 Å². The number of hydrogen-bond acceptors (Lipinski definition) is 3. The molecular formula is C22H34ClN3O2. The zero-order chi connectivity index (χ0) is 19.1. The Kier molecular flexibility index (Phi) is 9.26. The molecule has 3 rings (SSSR count). The van der Waals surface area contributed by atoms with Crippen LogP contribution in [0.2, 0.25) is 0 Å². The van der Waals surface area contributed by atoms with Gasteiger partial charge in [-0.2, -0.15) is 0 Å². The lowest BCUT2D eigenvalue weighted by atomic mass is 9.90. The molecule has 28 heavy (non-hydrogen) atoms. The first-order valence-corrected chi connectivity index (χ1v) is 10.5. The van der Waals surface area contributed by atoms with Crippen LogP contribution in [0.15, 0.2) is 30.3 Å². The van der Waals surface area contributed by atoms with Crippen molar-refractivity contribution in [3.63, 3.8) is 0 Å². The fourth-order valence-electron chi connectivity index (χ4n) is 4.34. The van der Waals surface area contributed by atoms with Crippen molar-refractivity contribution in [3.8, 4) is 0 Å². The van der Waals surface area contributed by atoms with E-state index in [-0.39, 0.29) is 36.2 Å². The number of carbonyl (C=O) groups excluding carboxylic acids is 2. The van der Waals surface area contributed by atoms with Crippen molar-refractivity contribution in [1.29, 1.82) is 0 Å². The van der Waals surface area contributed by atoms with Gasteiger partial charge in [0, 0.05) is 19.6 Å². The second-order valence-corrected chi connectivity index (χ2v) is 7.94. The zero-order valence-electron chi connectivity index (χ0n) is 16.9. The maximum Gasteiger partial charge on any atom is 0.237 e. The number of carbonyl (C=O) groups is 2. The van der Waals surface area contributed by atoms with E-state index in [1.165, 1.54) is 0 Å². The van der Waals surface area contributed by atoms with Crippen LogP contribution >= 0.6 is 12.4 Å². The Morgan fingerprint density at radius 1 is 1.21 bits per heavy atom. The minimum atomic E-state index is -0.0489. The monoisotopic (exact) mass is 407 g/mol. The van der Waals surface area contributed by atoms with E-state index in [1.807, 2.05) is 23.1 Å². The average molecular weight is 408 g/mol. The first-order chi connectivity index (χ1) is 13.2. The minimum absolute atomic E-state index is 0. The van der Waals surface area contributed by atoms with Gasteiger partial charge < -0.3 is 15.5 Å². The van der Waals surface area contributed by atoms with Gasteiger partial charge >= 0.3 is 0 Å². The van der Waals surface area contributed by atoms with E-state index in [0.29, 0.717) is 12.5 Å². The largest absolute Gasteiger partial charge is 0.354 e. The third-order valence-electron chi connectivity index (χ3n) is 5.85. The molecule has 5 nitrogen and oxygen atoms in total. The quantitative estimate of drug-likeness (QED) is 0.730. The molecule has 2 N–H and O–H groups in total. The summed E-state index contributed by atoms with van der Waals surface area (Å²) in [6, 6.07) is 10.1. The van der Waals surface area contributed by atoms with Crippen molar-refractivity contribution >= 4 is 24.2 Å². The van der Waals surface area contributed by atoms with Gasteiger partial charge in [-0.1, -0.05) is 43.7 Å². The maximum atomic E-state index is 13.2. The first kappa shape index (κ1) is 22.7. The lowest BCUT2D eigenvalue weighted by Gasteiger charge is -2.35. The predicted molar refractivity (Wildman–Crippen MR) is 115 cm³/mol. The Morgan fingerprint density at radius 2 is 2.00 bits per heavy atom. The Morgan fingerprint density at radius 3 is 2.68 bits per heavy atom. The molecule has 0 spiro atoms. The summed E-state index contributed by atoms with van der Waals surface area (Å²) in [5.74, 6) is 0.666. The van der Waals surface area contributed by atoms with E-state index in [0.717, 1.165) is 63.7 Å². The highest BCUT2D eigenvalue weighted by molar-refractivity contribution is 5.85. The van der Waals surface area contributed by atoms with Crippen molar-refractivity contribution in [3.05, 3.63) is 35.9 Å². The van der Waals surface area contributed by atoms with Gasteiger partial charge in [0.1, 0.15) is 0 Å². The van der Waals surface area contributed by atoms with Gasteiger partial charge in [0.05, 0.1) is 12.0 Å². The molecule has 2 aliphatic heterocycles. The molecule has 6 heteroatoms. The van der Waals surface area contributed by atoms with Gasteiger partial charge in [0.15, 0.2) is 0 Å². The molecule has 2 heterocycles. The Labute approximate surface area is 175 Å². The fourth-order valence-corrected chi connectivity index (χ4v) is 4.34. The summed E-state index contributed by atoms with van der Waals surface area (Å²) in [5, 5.41) is 6.34. The fraction of sp³-hybridized carbons (Fsp3) is 0.636. The van der Waals surface area contributed by atoms with E-state index in [1.54, 1.807) is 0 Å². The van der Waals surface area contributed by atoms with Crippen LogP contribution in [0, 0.1) is 5.92 Å². The van der Waals surface area contributed by atoms with Crippen molar-refractivity contribution in [2.45, 2.75) is 57.4 Å². The second kappa shape index (κ2) is 11.4. The lowest BCUT2D eigenvalue weighted by Crippen LogP contribution is -2.47. The molecule has 0 radical (unpaired) electrons. The average Bonchev–Trinajstić information content (AvgIpc) is 3.25. The number of likely N-dealkylation sites (tertiary alicyclic amines) is 1. The molecule has 1 aromatic carbocycles. The summed E-state index contributed by atoms with van der Waals surface area (Å²) in [5.41, 5.74) is 1.12. The van der Waals surface area contributed by atoms with Crippen LogP contribution in [0.4, 0.5) is 0 Å². The Bertz CT molecular complexity index is 619. The summed E-state index contributed by atoms with van der Waals surface area (Å²) < 4.78 is 0. The molecule has 0 aromatic heterocycles. The van der Waals surface area contributed by atoms with E-state index in [4.69, 9.17) is 0 Å². The molecule has 1 aromatic rings. The molecule has 0 aliphatic carbocycles. The first-order valence-electron chi connectivity index (χ1n) is 10.5. The number of piperidine rings is 1. The highest BCUT2D eigenvalue weighted by atomic mass is 35.5. The summed E-state index contributed by atoms with van der Waals surface area (Å²) in [7, 11) is 0. The molecule has 2 aliphatic rings. The van der Waals surface area contributed by atoms with Crippen LogP contribution in [-0.4, -0.2) is 48.9 Å². The predicted octanol–water partition coefficient (Wildman–Crippen LogP) is 3.10. The Balaban J connectivity index is 0.00000280. The molecule has 3 atom stereocenters. The van der Waals surface area contributed by atoms with E-state index >= 15 is 0 Å². The standard InChI is InChI=1S/C22H33N3O2.ClH/c1-2-8-19(18-10-4-3-5-11-18)22(27)25-14-7-9-17(16-25)15-24-21(26)20-12-6-13-23-20;/h3-5,10-11,17,19-20,23H,2,6-9,12-16H2,1H3,(H,24,26);1H. The summed E-state index contributed by atoms with van der Waals surface area (Å²) in [4.78, 5) is 27.5.